The molecule has 0 saturated carbocycles. The number of hydrogen-bond acceptors (Lipinski definition) is 3. The van der Waals surface area contributed by atoms with E-state index in [1.54, 1.807) is 4.90 Å². The molecule has 3 saturated heterocycles. The van der Waals surface area contributed by atoms with Crippen LogP contribution in [0.2, 0.25) is 0 Å². The summed E-state index contributed by atoms with van der Waals surface area (Å²) in [6.07, 6.45) is 1.12. The molecule has 0 bridgehead atoms. The van der Waals surface area contributed by atoms with E-state index >= 15 is 0 Å². The van der Waals surface area contributed by atoms with E-state index in [0.717, 1.165) is 50.9 Å². The molecule has 180 valence electrons. The molecule has 6 nitrogen and oxygen atoms in total. The van der Waals surface area contributed by atoms with Gasteiger partial charge in [-0.15, -0.1) is 0 Å². The molecule has 3 fully saturated rings. The van der Waals surface area contributed by atoms with Gasteiger partial charge in [0.15, 0.2) is 0 Å². The van der Waals surface area contributed by atoms with Gasteiger partial charge in [-0.25, -0.2) is 0 Å². The molecule has 33 heavy (non-hydrogen) atoms. The lowest BCUT2D eigenvalue weighted by Gasteiger charge is -2.35. The number of carbonyl (C=O) groups is 3. The zero-order chi connectivity index (χ0) is 23.6. The predicted molar refractivity (Wildman–Crippen MR) is 116 cm³/mol. The number of alkyl halides is 3. The fourth-order valence-electron chi connectivity index (χ4n) is 5.13. The number of hydrogen-bond donors (Lipinski definition) is 0. The smallest absolute Gasteiger partial charge is 0.342 e. The van der Waals surface area contributed by atoms with Crippen LogP contribution in [-0.4, -0.2) is 60.2 Å². The second-order valence-electron chi connectivity index (χ2n) is 9.29. The predicted octanol–water partition coefficient (Wildman–Crippen LogP) is 3.70. The van der Waals surface area contributed by atoms with Crippen molar-refractivity contribution in [3.05, 3.63) is 29.8 Å². The first-order valence-corrected chi connectivity index (χ1v) is 11.8. The monoisotopic (exact) mass is 465 g/mol. The highest BCUT2D eigenvalue weighted by Crippen LogP contribution is 2.34. The number of likely N-dealkylation sites (tertiary alicyclic amines) is 2. The molecule has 3 amide bonds. The van der Waals surface area contributed by atoms with Crippen LogP contribution in [0.1, 0.15) is 50.5 Å². The molecule has 3 aliphatic rings. The Morgan fingerprint density at radius 3 is 2.09 bits per heavy atom. The van der Waals surface area contributed by atoms with Crippen LogP contribution in [0.5, 0.6) is 0 Å². The molecule has 3 heterocycles. The Balaban J connectivity index is 1.33. The van der Waals surface area contributed by atoms with Gasteiger partial charge in [0.1, 0.15) is 0 Å². The first-order chi connectivity index (χ1) is 15.7. The molecule has 1 atom stereocenters. The van der Waals surface area contributed by atoms with Crippen LogP contribution >= 0.6 is 0 Å². The number of nitrogens with zero attached hydrogens (tertiary/aromatic N) is 3. The van der Waals surface area contributed by atoms with Gasteiger partial charge in [0, 0.05) is 50.7 Å². The number of halogens is 3. The maximum Gasteiger partial charge on any atom is 0.416 e. The summed E-state index contributed by atoms with van der Waals surface area (Å²) in [5.41, 5.74) is -0.661. The maximum atomic E-state index is 13.0. The van der Waals surface area contributed by atoms with E-state index in [1.807, 2.05) is 4.90 Å². The van der Waals surface area contributed by atoms with Crippen molar-refractivity contribution < 1.29 is 27.6 Å². The molecule has 0 aromatic heterocycles. The topological polar surface area (TPSA) is 60.9 Å². The van der Waals surface area contributed by atoms with E-state index < -0.39 is 17.7 Å². The van der Waals surface area contributed by atoms with E-state index in [0.29, 0.717) is 25.9 Å². The first-order valence-electron chi connectivity index (χ1n) is 11.8. The Kier molecular flexibility index (Phi) is 6.95. The lowest BCUT2D eigenvalue weighted by molar-refractivity contribution is -0.142. The Morgan fingerprint density at radius 2 is 1.45 bits per heavy atom. The van der Waals surface area contributed by atoms with Gasteiger partial charge in [0.2, 0.25) is 17.7 Å². The van der Waals surface area contributed by atoms with Crippen molar-refractivity contribution in [1.29, 1.82) is 0 Å². The summed E-state index contributed by atoms with van der Waals surface area (Å²) in [5.74, 6) is -0.961. The first kappa shape index (κ1) is 23.6. The summed E-state index contributed by atoms with van der Waals surface area (Å²) in [5, 5.41) is 0. The normalized spacial score (nSPS) is 23.1. The third-order valence-corrected chi connectivity index (χ3v) is 7.03. The summed E-state index contributed by atoms with van der Waals surface area (Å²) in [7, 11) is 0. The Labute approximate surface area is 191 Å². The van der Waals surface area contributed by atoms with Crippen molar-refractivity contribution in [3.8, 4) is 0 Å². The lowest BCUT2D eigenvalue weighted by Crippen LogP contribution is -2.46. The molecule has 0 spiro atoms. The number of benzene rings is 1. The van der Waals surface area contributed by atoms with Crippen LogP contribution in [0.4, 0.5) is 18.9 Å². The molecular weight excluding hydrogens is 435 g/mol. The van der Waals surface area contributed by atoms with Crippen LogP contribution in [0.3, 0.4) is 0 Å². The van der Waals surface area contributed by atoms with Gasteiger partial charge in [-0.1, -0.05) is 18.9 Å². The molecule has 9 heteroatoms. The zero-order valence-electron chi connectivity index (χ0n) is 18.6. The Hall–Kier alpha value is -2.58. The summed E-state index contributed by atoms with van der Waals surface area (Å²) >= 11 is 0. The van der Waals surface area contributed by atoms with Gasteiger partial charge >= 0.3 is 6.18 Å². The van der Waals surface area contributed by atoms with Crippen LogP contribution in [0, 0.1) is 11.8 Å². The summed E-state index contributed by atoms with van der Waals surface area (Å²) in [4.78, 5) is 43.4. The van der Waals surface area contributed by atoms with Crippen LogP contribution in [0.25, 0.3) is 0 Å². The average Bonchev–Trinajstić information content (AvgIpc) is 3.00. The second-order valence-corrected chi connectivity index (χ2v) is 9.29. The number of amides is 3. The highest BCUT2D eigenvalue weighted by molar-refractivity contribution is 6.00. The van der Waals surface area contributed by atoms with Crippen molar-refractivity contribution in [3.63, 3.8) is 0 Å². The maximum absolute atomic E-state index is 13.0. The standard InChI is InChI=1S/C24H30F3N3O3/c25-24(26,27)19-6-5-7-20(15-19)30-16-18(14-21(30)31)23(33)29-12-8-17(9-13-29)22(32)28-10-3-1-2-4-11-28/h5-7,15,17-18H,1-4,8-14,16H2. The third-order valence-electron chi connectivity index (χ3n) is 7.03. The van der Waals surface area contributed by atoms with E-state index in [9.17, 15) is 27.6 Å². The van der Waals surface area contributed by atoms with Gasteiger partial charge in [0.25, 0.3) is 0 Å². The molecule has 0 N–H and O–H groups in total. The van der Waals surface area contributed by atoms with Crippen molar-refractivity contribution >= 4 is 23.4 Å². The van der Waals surface area contributed by atoms with Gasteiger partial charge < -0.3 is 14.7 Å². The average molecular weight is 466 g/mol. The minimum Gasteiger partial charge on any atom is -0.342 e. The largest absolute Gasteiger partial charge is 0.416 e. The summed E-state index contributed by atoms with van der Waals surface area (Å²) < 4.78 is 39.1. The molecule has 0 aliphatic carbocycles. The lowest BCUT2D eigenvalue weighted by atomic mass is 9.94. The minimum atomic E-state index is -4.50. The number of anilines is 1. The van der Waals surface area contributed by atoms with Gasteiger partial charge in [-0.3, -0.25) is 14.4 Å². The van der Waals surface area contributed by atoms with E-state index in [1.165, 1.54) is 17.0 Å². The fraction of sp³-hybridized carbons (Fsp3) is 0.625. The molecule has 4 rings (SSSR count). The van der Waals surface area contributed by atoms with E-state index in [-0.39, 0.29) is 42.3 Å². The highest BCUT2D eigenvalue weighted by atomic mass is 19.4. The molecular formula is C24H30F3N3O3. The third kappa shape index (κ3) is 5.33. The highest BCUT2D eigenvalue weighted by Gasteiger charge is 2.40. The Bertz CT molecular complexity index is 888. The molecule has 3 aliphatic heterocycles. The van der Waals surface area contributed by atoms with E-state index in [2.05, 4.69) is 0 Å². The van der Waals surface area contributed by atoms with Gasteiger partial charge in [-0.05, 0) is 43.9 Å². The number of piperidine rings is 1. The SMILES string of the molecule is O=C(C1CCN(C(=O)C2CC(=O)N(c3cccc(C(F)(F)F)c3)C2)CC1)N1CCCCCC1. The number of carbonyl (C=O) groups excluding carboxylic acids is 3. The quantitative estimate of drug-likeness (QED) is 0.684. The van der Waals surface area contributed by atoms with Crippen LogP contribution < -0.4 is 4.90 Å². The second kappa shape index (κ2) is 9.73. The fourth-order valence-corrected chi connectivity index (χ4v) is 5.13. The van der Waals surface area contributed by atoms with Crippen molar-refractivity contribution in [2.45, 2.75) is 51.1 Å². The molecule has 0 radical (unpaired) electrons. The molecule has 1 aromatic carbocycles. The Morgan fingerprint density at radius 1 is 0.848 bits per heavy atom. The summed E-state index contributed by atoms with van der Waals surface area (Å²) in [6.45, 7) is 2.64. The van der Waals surface area contributed by atoms with E-state index in [4.69, 9.17) is 0 Å². The number of rotatable bonds is 3. The molecule has 1 unspecified atom stereocenters. The summed E-state index contributed by atoms with van der Waals surface area (Å²) in [6, 6.07) is 4.64. The van der Waals surface area contributed by atoms with Crippen LogP contribution in [-0.2, 0) is 20.6 Å². The van der Waals surface area contributed by atoms with Crippen LogP contribution in [0.15, 0.2) is 24.3 Å². The zero-order valence-corrected chi connectivity index (χ0v) is 18.6. The molecule has 1 aromatic rings. The minimum absolute atomic E-state index is 0.0122. The van der Waals surface area contributed by atoms with Gasteiger partial charge in [0.05, 0.1) is 11.5 Å². The van der Waals surface area contributed by atoms with Gasteiger partial charge in [-0.2, -0.15) is 13.2 Å². The van der Waals surface area contributed by atoms with Crippen molar-refractivity contribution in [1.82, 2.24) is 9.80 Å². The van der Waals surface area contributed by atoms with Crippen molar-refractivity contribution in [2.75, 3.05) is 37.6 Å². The van der Waals surface area contributed by atoms with Crippen molar-refractivity contribution in [2.24, 2.45) is 11.8 Å².